The Labute approximate surface area is 136 Å². The molecule has 0 aliphatic carbocycles. The molecule has 116 valence electrons. The number of nitrogens with zero attached hydrogens (tertiary/aromatic N) is 2. The van der Waals surface area contributed by atoms with Gasteiger partial charge in [0.25, 0.3) is 0 Å². The van der Waals surface area contributed by atoms with E-state index in [1.165, 1.54) is 0 Å². The second-order valence-corrected chi connectivity index (χ2v) is 5.45. The zero-order chi connectivity index (χ0) is 16.4. The summed E-state index contributed by atoms with van der Waals surface area (Å²) in [7, 11) is 0. The molecule has 1 aromatic carbocycles. The third kappa shape index (κ3) is 3.49. The Kier molecular flexibility index (Phi) is 3.99. The molecular weight excluding hydrogens is 316 g/mol. The van der Waals surface area contributed by atoms with Crippen molar-refractivity contribution in [1.82, 2.24) is 9.38 Å². The van der Waals surface area contributed by atoms with Crippen LogP contribution in [0.5, 0.6) is 0 Å². The number of amides is 2. The van der Waals surface area contributed by atoms with Crippen molar-refractivity contribution in [3.63, 3.8) is 0 Å². The molecule has 0 saturated carbocycles. The van der Waals surface area contributed by atoms with E-state index < -0.39 is 5.91 Å². The molecule has 3 N–H and O–H groups in total. The van der Waals surface area contributed by atoms with E-state index in [1.807, 2.05) is 0 Å². The Morgan fingerprint density at radius 2 is 1.87 bits per heavy atom. The van der Waals surface area contributed by atoms with Crippen molar-refractivity contribution < 1.29 is 9.59 Å². The number of rotatable bonds is 4. The van der Waals surface area contributed by atoms with Crippen molar-refractivity contribution in [2.75, 3.05) is 5.32 Å². The molecule has 6 nitrogen and oxygen atoms in total. The van der Waals surface area contributed by atoms with Gasteiger partial charge in [0, 0.05) is 23.6 Å². The second kappa shape index (κ2) is 6.10. The second-order valence-electron chi connectivity index (χ2n) is 5.01. The molecule has 7 heteroatoms. The first-order valence-corrected chi connectivity index (χ1v) is 7.22. The summed E-state index contributed by atoms with van der Waals surface area (Å²) in [4.78, 5) is 27.4. The van der Waals surface area contributed by atoms with Gasteiger partial charge in [-0.3, -0.25) is 9.59 Å². The number of carbonyl (C=O) groups is 2. The van der Waals surface area contributed by atoms with Gasteiger partial charge in [-0.1, -0.05) is 11.6 Å². The highest BCUT2D eigenvalue weighted by molar-refractivity contribution is 6.30. The Hall–Kier alpha value is -2.86. The highest BCUT2D eigenvalue weighted by Gasteiger charge is 2.09. The van der Waals surface area contributed by atoms with Crippen LogP contribution in [0.1, 0.15) is 16.1 Å². The minimum absolute atomic E-state index is 0.136. The van der Waals surface area contributed by atoms with Crippen molar-refractivity contribution in [1.29, 1.82) is 0 Å². The Morgan fingerprint density at radius 3 is 2.57 bits per heavy atom. The van der Waals surface area contributed by atoms with Gasteiger partial charge in [0.2, 0.25) is 11.8 Å². The first-order chi connectivity index (χ1) is 11.0. The number of aromatic nitrogens is 2. The van der Waals surface area contributed by atoms with Crippen LogP contribution >= 0.6 is 11.6 Å². The van der Waals surface area contributed by atoms with Crippen LogP contribution in [0.4, 0.5) is 5.69 Å². The number of fused-ring (bicyclic) bond motifs is 1. The van der Waals surface area contributed by atoms with Crippen LogP contribution in [0.2, 0.25) is 5.02 Å². The number of primary amides is 1. The number of nitrogens with two attached hydrogens (primary N) is 1. The maximum atomic E-state index is 12.1. The molecule has 3 aromatic rings. The molecule has 0 radical (unpaired) electrons. The van der Waals surface area contributed by atoms with Crippen LogP contribution in [-0.4, -0.2) is 21.2 Å². The number of halogens is 1. The van der Waals surface area contributed by atoms with Crippen LogP contribution < -0.4 is 11.1 Å². The Morgan fingerprint density at radius 1 is 1.13 bits per heavy atom. The highest BCUT2D eigenvalue weighted by Crippen LogP contribution is 2.13. The molecule has 2 heterocycles. The number of anilines is 1. The molecule has 23 heavy (non-hydrogen) atoms. The zero-order valence-corrected chi connectivity index (χ0v) is 12.7. The molecule has 2 amide bonds. The average molecular weight is 329 g/mol. The molecule has 0 saturated heterocycles. The van der Waals surface area contributed by atoms with E-state index >= 15 is 0 Å². The summed E-state index contributed by atoms with van der Waals surface area (Å²) in [5.41, 5.74) is 7.51. The minimum atomic E-state index is -0.508. The Balaban J connectivity index is 1.69. The van der Waals surface area contributed by atoms with Gasteiger partial charge in [-0.2, -0.15) is 0 Å². The highest BCUT2D eigenvalue weighted by atomic mass is 35.5. The van der Waals surface area contributed by atoms with E-state index in [9.17, 15) is 9.59 Å². The lowest BCUT2D eigenvalue weighted by atomic mass is 10.2. The third-order valence-corrected chi connectivity index (χ3v) is 3.48. The molecule has 0 fully saturated rings. The largest absolute Gasteiger partial charge is 0.366 e. The maximum absolute atomic E-state index is 12.1. The van der Waals surface area contributed by atoms with Crippen LogP contribution in [0.15, 0.2) is 48.8 Å². The molecule has 0 unspecified atom stereocenters. The molecule has 3 rings (SSSR count). The zero-order valence-electron chi connectivity index (χ0n) is 12.0. The van der Waals surface area contributed by atoms with Gasteiger partial charge in [-0.25, -0.2) is 4.98 Å². The number of nitrogens with one attached hydrogen (secondary N) is 1. The van der Waals surface area contributed by atoms with E-state index in [0.717, 1.165) is 5.65 Å². The summed E-state index contributed by atoms with van der Waals surface area (Å²) in [6.45, 7) is 0. The number of hydrogen-bond acceptors (Lipinski definition) is 3. The van der Waals surface area contributed by atoms with Crippen molar-refractivity contribution in [3.8, 4) is 0 Å². The van der Waals surface area contributed by atoms with E-state index in [1.54, 1.807) is 53.2 Å². The number of hydrogen-bond donors (Lipinski definition) is 2. The van der Waals surface area contributed by atoms with Gasteiger partial charge in [0.15, 0.2) is 0 Å². The molecule has 0 bridgehead atoms. The lowest BCUT2D eigenvalue weighted by molar-refractivity contribution is -0.115. The average Bonchev–Trinajstić information content (AvgIpc) is 2.88. The fourth-order valence-electron chi connectivity index (χ4n) is 2.19. The standard InChI is InChI=1S/C16H13ClN4O2/c17-11-3-6-14-19-13(9-21(14)8-11)7-15(22)20-12-4-1-10(2-5-12)16(18)23/h1-6,8-9H,7H2,(H2,18,23)(H,20,22). The Bertz CT molecular complexity index is 887. The summed E-state index contributed by atoms with van der Waals surface area (Å²) in [5, 5.41) is 3.34. The third-order valence-electron chi connectivity index (χ3n) is 3.26. The summed E-state index contributed by atoms with van der Waals surface area (Å²) in [6.07, 6.45) is 3.63. The molecular formula is C16H13ClN4O2. The minimum Gasteiger partial charge on any atom is -0.366 e. The number of benzene rings is 1. The summed E-state index contributed by atoms with van der Waals surface area (Å²) < 4.78 is 1.77. The molecule has 0 aliphatic heterocycles. The lowest BCUT2D eigenvalue weighted by Crippen LogP contribution is -2.15. The van der Waals surface area contributed by atoms with Crippen molar-refractivity contribution in [2.45, 2.75) is 6.42 Å². The van der Waals surface area contributed by atoms with Crippen molar-refractivity contribution >= 4 is 34.7 Å². The normalized spacial score (nSPS) is 10.7. The summed E-state index contributed by atoms with van der Waals surface area (Å²) in [5.74, 6) is -0.711. The number of carbonyl (C=O) groups excluding carboxylic acids is 2. The summed E-state index contributed by atoms with van der Waals surface area (Å²) >= 11 is 5.92. The number of pyridine rings is 1. The fraction of sp³-hybridized carbons (Fsp3) is 0.0625. The topological polar surface area (TPSA) is 89.5 Å². The maximum Gasteiger partial charge on any atom is 0.248 e. The van der Waals surface area contributed by atoms with Gasteiger partial charge < -0.3 is 15.5 Å². The lowest BCUT2D eigenvalue weighted by Gasteiger charge is -2.04. The molecule has 0 spiro atoms. The van der Waals surface area contributed by atoms with Crippen molar-refractivity contribution in [2.24, 2.45) is 5.73 Å². The van der Waals surface area contributed by atoms with E-state index in [4.69, 9.17) is 17.3 Å². The monoisotopic (exact) mass is 328 g/mol. The first kappa shape index (κ1) is 15.1. The first-order valence-electron chi connectivity index (χ1n) is 6.84. The van der Waals surface area contributed by atoms with E-state index in [2.05, 4.69) is 10.3 Å². The molecule has 0 atom stereocenters. The van der Waals surface area contributed by atoms with Gasteiger partial charge >= 0.3 is 0 Å². The van der Waals surface area contributed by atoms with Crippen LogP contribution in [-0.2, 0) is 11.2 Å². The molecule has 2 aromatic heterocycles. The van der Waals surface area contributed by atoms with Gasteiger partial charge in [0.05, 0.1) is 17.1 Å². The number of imidazole rings is 1. The molecule has 0 aliphatic rings. The predicted molar refractivity (Wildman–Crippen MR) is 87.5 cm³/mol. The van der Waals surface area contributed by atoms with E-state index in [-0.39, 0.29) is 12.3 Å². The van der Waals surface area contributed by atoms with E-state index in [0.29, 0.717) is 22.0 Å². The quantitative estimate of drug-likeness (QED) is 0.769. The fourth-order valence-corrected chi connectivity index (χ4v) is 2.36. The van der Waals surface area contributed by atoms with Gasteiger partial charge in [0.1, 0.15) is 5.65 Å². The summed E-state index contributed by atoms with van der Waals surface area (Å²) in [6, 6.07) is 9.90. The van der Waals surface area contributed by atoms with Crippen LogP contribution in [0.3, 0.4) is 0 Å². The SMILES string of the molecule is NC(=O)c1ccc(NC(=O)Cc2cn3cc(Cl)ccc3n2)cc1. The van der Waals surface area contributed by atoms with Crippen molar-refractivity contribution in [3.05, 3.63) is 65.1 Å². The van der Waals surface area contributed by atoms with Gasteiger partial charge in [-0.15, -0.1) is 0 Å². The smallest absolute Gasteiger partial charge is 0.248 e. The predicted octanol–water partition coefficient (Wildman–Crippen LogP) is 2.27. The van der Waals surface area contributed by atoms with Crippen LogP contribution in [0.25, 0.3) is 5.65 Å². The van der Waals surface area contributed by atoms with Gasteiger partial charge in [-0.05, 0) is 36.4 Å². The van der Waals surface area contributed by atoms with Crippen LogP contribution in [0, 0.1) is 0 Å².